The average molecular weight is 177 g/mol. The molecule has 0 aromatic heterocycles. The normalized spacial score (nSPS) is 11.5. The summed E-state index contributed by atoms with van der Waals surface area (Å²) >= 11 is 0. The van der Waals surface area contributed by atoms with Crippen molar-refractivity contribution < 1.29 is 8.85 Å². The highest BCUT2D eigenvalue weighted by molar-refractivity contribution is 6.41. The topological polar surface area (TPSA) is 30.5 Å². The van der Waals surface area contributed by atoms with Gasteiger partial charge in [-0.1, -0.05) is 13.8 Å². The van der Waals surface area contributed by atoms with E-state index in [0.717, 1.165) is 12.8 Å². The van der Waals surface area contributed by atoms with Crippen LogP contribution in [0.4, 0.5) is 0 Å². The lowest BCUT2D eigenvalue weighted by Gasteiger charge is -2.19. The highest BCUT2D eigenvalue weighted by Crippen LogP contribution is 1.96. The molecule has 1 N–H and O–H groups in total. The summed E-state index contributed by atoms with van der Waals surface area (Å²) in [5.74, 6) is 0. The maximum Gasteiger partial charge on any atom is 0.407 e. The molecule has 0 radical (unpaired) electrons. The van der Waals surface area contributed by atoms with Gasteiger partial charge in [0.25, 0.3) is 0 Å². The van der Waals surface area contributed by atoms with E-state index in [1.807, 2.05) is 0 Å². The summed E-state index contributed by atoms with van der Waals surface area (Å²) in [6.07, 6.45) is 2.26. The van der Waals surface area contributed by atoms with Gasteiger partial charge in [-0.3, -0.25) is 4.98 Å². The number of rotatable bonds is 6. The molecule has 68 valence electrons. The SMILES string of the molecule is CCC(CC)N[SiH](OC)OC. The number of hydrogen-bond donors (Lipinski definition) is 1. The predicted molar refractivity (Wildman–Crippen MR) is 48.7 cm³/mol. The summed E-state index contributed by atoms with van der Waals surface area (Å²) in [6.45, 7) is 4.33. The van der Waals surface area contributed by atoms with Crippen molar-refractivity contribution in [1.82, 2.24) is 4.98 Å². The van der Waals surface area contributed by atoms with Gasteiger partial charge in [0.1, 0.15) is 0 Å². The Morgan fingerprint density at radius 3 is 1.91 bits per heavy atom. The standard InChI is InChI=1S/C7H19NO2Si/c1-5-7(6-2)8-11(9-3)10-4/h7-8,11H,5-6H2,1-4H3. The van der Waals surface area contributed by atoms with Crippen LogP contribution in [0.25, 0.3) is 0 Å². The molecule has 11 heavy (non-hydrogen) atoms. The maximum atomic E-state index is 5.14. The lowest BCUT2D eigenvalue weighted by Crippen LogP contribution is -2.44. The molecule has 0 atom stereocenters. The van der Waals surface area contributed by atoms with Crippen molar-refractivity contribution in [2.75, 3.05) is 14.2 Å². The lowest BCUT2D eigenvalue weighted by atomic mass is 10.2. The highest BCUT2D eigenvalue weighted by Gasteiger charge is 2.13. The third-order valence-electron chi connectivity index (χ3n) is 1.79. The molecule has 0 unspecified atom stereocenters. The Labute approximate surface area is 71.0 Å². The monoisotopic (exact) mass is 177 g/mol. The van der Waals surface area contributed by atoms with Crippen molar-refractivity contribution in [3.05, 3.63) is 0 Å². The van der Waals surface area contributed by atoms with E-state index >= 15 is 0 Å². The van der Waals surface area contributed by atoms with Crippen molar-refractivity contribution in [3.63, 3.8) is 0 Å². The molecule has 0 aromatic rings. The van der Waals surface area contributed by atoms with Gasteiger partial charge in [0, 0.05) is 20.3 Å². The molecule has 0 aliphatic heterocycles. The lowest BCUT2D eigenvalue weighted by molar-refractivity contribution is 0.256. The third-order valence-corrected chi connectivity index (χ3v) is 3.39. The van der Waals surface area contributed by atoms with Crippen LogP contribution in [0.5, 0.6) is 0 Å². The zero-order valence-corrected chi connectivity index (χ0v) is 9.04. The highest BCUT2D eigenvalue weighted by atomic mass is 28.3. The molecule has 0 rings (SSSR count). The fraction of sp³-hybridized carbons (Fsp3) is 1.00. The van der Waals surface area contributed by atoms with Crippen LogP contribution in [0.15, 0.2) is 0 Å². The summed E-state index contributed by atoms with van der Waals surface area (Å²) in [6, 6.07) is 0.548. The van der Waals surface area contributed by atoms with Gasteiger partial charge in [-0.15, -0.1) is 0 Å². The molecule has 0 heterocycles. The summed E-state index contributed by atoms with van der Waals surface area (Å²) < 4.78 is 10.3. The van der Waals surface area contributed by atoms with Gasteiger partial charge in [-0.05, 0) is 12.8 Å². The fourth-order valence-electron chi connectivity index (χ4n) is 0.949. The quantitative estimate of drug-likeness (QED) is 0.608. The van der Waals surface area contributed by atoms with Crippen LogP contribution in [0.3, 0.4) is 0 Å². The first-order valence-corrected chi connectivity index (χ1v) is 5.62. The van der Waals surface area contributed by atoms with E-state index in [-0.39, 0.29) is 0 Å². The summed E-state index contributed by atoms with van der Waals surface area (Å²) in [4.78, 5) is 3.35. The van der Waals surface area contributed by atoms with Crippen molar-refractivity contribution in [2.24, 2.45) is 0 Å². The van der Waals surface area contributed by atoms with Crippen LogP contribution in [0, 0.1) is 0 Å². The minimum absolute atomic E-state index is 0.548. The molecule has 0 fully saturated rings. The van der Waals surface area contributed by atoms with E-state index in [0.29, 0.717) is 6.04 Å². The largest absolute Gasteiger partial charge is 0.407 e. The van der Waals surface area contributed by atoms with Crippen molar-refractivity contribution >= 4 is 9.45 Å². The number of nitrogens with one attached hydrogen (secondary N) is 1. The molecule has 4 heteroatoms. The summed E-state index contributed by atoms with van der Waals surface area (Å²) in [7, 11) is 1.85. The van der Waals surface area contributed by atoms with E-state index in [9.17, 15) is 0 Å². The molecule has 0 aromatic carbocycles. The van der Waals surface area contributed by atoms with Gasteiger partial charge in [0.15, 0.2) is 0 Å². The molecule has 0 saturated heterocycles. The van der Waals surface area contributed by atoms with Crippen molar-refractivity contribution in [1.29, 1.82) is 0 Å². The summed E-state index contributed by atoms with van der Waals surface area (Å²) in [5.41, 5.74) is 0. The Kier molecular flexibility index (Phi) is 6.85. The molecule has 0 aliphatic carbocycles. The van der Waals surface area contributed by atoms with Gasteiger partial charge in [0.2, 0.25) is 0 Å². The molecule has 0 bridgehead atoms. The Bertz CT molecular complexity index is 74.5. The molecule has 0 spiro atoms. The van der Waals surface area contributed by atoms with Gasteiger partial charge in [0.05, 0.1) is 0 Å². The minimum atomic E-state index is -1.54. The van der Waals surface area contributed by atoms with Crippen LogP contribution < -0.4 is 4.98 Å². The second-order valence-corrected chi connectivity index (χ2v) is 4.42. The second-order valence-electron chi connectivity index (χ2n) is 2.48. The van der Waals surface area contributed by atoms with Crippen molar-refractivity contribution in [2.45, 2.75) is 32.7 Å². The Morgan fingerprint density at radius 2 is 1.64 bits per heavy atom. The van der Waals surface area contributed by atoms with Crippen molar-refractivity contribution in [3.8, 4) is 0 Å². The van der Waals surface area contributed by atoms with E-state index in [1.165, 1.54) is 0 Å². The Balaban J connectivity index is 3.58. The van der Waals surface area contributed by atoms with Crippen LogP contribution in [-0.2, 0) is 8.85 Å². The van der Waals surface area contributed by atoms with Crippen LogP contribution in [0.2, 0.25) is 0 Å². The zero-order chi connectivity index (χ0) is 8.69. The number of hydrogen-bond acceptors (Lipinski definition) is 3. The van der Waals surface area contributed by atoms with Crippen LogP contribution in [-0.4, -0.2) is 29.7 Å². The van der Waals surface area contributed by atoms with E-state index in [2.05, 4.69) is 18.8 Å². The fourth-order valence-corrected chi connectivity index (χ4v) is 2.27. The first-order chi connectivity index (χ1) is 5.28. The molecule has 0 amide bonds. The van der Waals surface area contributed by atoms with Gasteiger partial charge in [-0.25, -0.2) is 0 Å². The molecular weight excluding hydrogens is 158 g/mol. The van der Waals surface area contributed by atoms with E-state index in [4.69, 9.17) is 8.85 Å². The van der Waals surface area contributed by atoms with E-state index in [1.54, 1.807) is 14.2 Å². The third kappa shape index (κ3) is 4.52. The molecule has 0 aliphatic rings. The first-order valence-electron chi connectivity index (χ1n) is 4.10. The zero-order valence-electron chi connectivity index (χ0n) is 7.89. The second kappa shape index (κ2) is 6.79. The van der Waals surface area contributed by atoms with E-state index < -0.39 is 9.45 Å². The molecule has 0 saturated carbocycles. The van der Waals surface area contributed by atoms with Gasteiger partial charge >= 0.3 is 9.45 Å². The molecular formula is C7H19NO2Si. The Hall–Kier alpha value is 0.0969. The minimum Gasteiger partial charge on any atom is -0.388 e. The van der Waals surface area contributed by atoms with Gasteiger partial charge < -0.3 is 8.85 Å². The first kappa shape index (κ1) is 11.1. The Morgan fingerprint density at radius 1 is 1.18 bits per heavy atom. The van der Waals surface area contributed by atoms with Crippen LogP contribution in [0.1, 0.15) is 26.7 Å². The summed E-state index contributed by atoms with van der Waals surface area (Å²) in [5, 5.41) is 0. The van der Waals surface area contributed by atoms with Gasteiger partial charge in [-0.2, -0.15) is 0 Å². The maximum absolute atomic E-state index is 5.14. The predicted octanol–water partition coefficient (Wildman–Crippen LogP) is 0.775. The molecule has 3 nitrogen and oxygen atoms in total. The van der Waals surface area contributed by atoms with Crippen LogP contribution >= 0.6 is 0 Å². The average Bonchev–Trinajstić information content (AvgIpc) is 2.07. The smallest absolute Gasteiger partial charge is 0.388 e.